The monoisotopic (exact) mass is 290 g/mol. The SMILES string of the molecule is CC(=O)Nc1ccccc1CNCC1CCCCC1CO. The third kappa shape index (κ3) is 4.83. The molecule has 2 atom stereocenters. The third-order valence-electron chi connectivity index (χ3n) is 4.35. The molecule has 0 radical (unpaired) electrons. The number of benzene rings is 1. The molecule has 1 aromatic rings. The number of hydrogen-bond acceptors (Lipinski definition) is 3. The average molecular weight is 290 g/mol. The molecule has 1 aliphatic carbocycles. The van der Waals surface area contributed by atoms with E-state index in [9.17, 15) is 9.90 Å². The number of rotatable bonds is 6. The summed E-state index contributed by atoms with van der Waals surface area (Å²) in [5.41, 5.74) is 1.98. The summed E-state index contributed by atoms with van der Waals surface area (Å²) in [5, 5.41) is 15.8. The standard InChI is InChI=1S/C17H26N2O2/c1-13(21)19-17-9-5-4-7-15(17)11-18-10-14-6-2-3-8-16(14)12-20/h4-5,7,9,14,16,18,20H,2-3,6,8,10-12H2,1H3,(H,19,21). The van der Waals surface area contributed by atoms with E-state index in [4.69, 9.17) is 0 Å². The van der Waals surface area contributed by atoms with Gasteiger partial charge in [-0.15, -0.1) is 0 Å². The summed E-state index contributed by atoms with van der Waals surface area (Å²) in [6, 6.07) is 7.87. The van der Waals surface area contributed by atoms with Crippen LogP contribution in [0.1, 0.15) is 38.2 Å². The van der Waals surface area contributed by atoms with Gasteiger partial charge in [-0.25, -0.2) is 0 Å². The summed E-state index contributed by atoms with van der Waals surface area (Å²) >= 11 is 0. The number of para-hydroxylation sites is 1. The average Bonchev–Trinajstić information content (AvgIpc) is 2.49. The fourth-order valence-electron chi connectivity index (χ4n) is 3.17. The first-order valence-electron chi connectivity index (χ1n) is 7.87. The first kappa shape index (κ1) is 16.0. The van der Waals surface area contributed by atoms with E-state index in [-0.39, 0.29) is 5.91 Å². The molecule has 1 fully saturated rings. The zero-order valence-electron chi connectivity index (χ0n) is 12.8. The van der Waals surface area contributed by atoms with Crippen LogP contribution < -0.4 is 10.6 Å². The molecule has 1 aromatic carbocycles. The van der Waals surface area contributed by atoms with Crippen molar-refractivity contribution in [2.24, 2.45) is 11.8 Å². The number of nitrogens with one attached hydrogen (secondary N) is 2. The molecule has 0 spiro atoms. The van der Waals surface area contributed by atoms with Crippen LogP contribution in [-0.4, -0.2) is 24.2 Å². The number of anilines is 1. The van der Waals surface area contributed by atoms with Gasteiger partial charge in [0, 0.05) is 25.8 Å². The van der Waals surface area contributed by atoms with E-state index in [1.165, 1.54) is 26.2 Å². The smallest absolute Gasteiger partial charge is 0.221 e. The molecule has 0 heterocycles. The zero-order valence-corrected chi connectivity index (χ0v) is 12.8. The Morgan fingerprint density at radius 1 is 1.24 bits per heavy atom. The number of carbonyl (C=O) groups is 1. The zero-order chi connectivity index (χ0) is 15.1. The summed E-state index contributed by atoms with van der Waals surface area (Å²) in [5.74, 6) is 0.962. The van der Waals surface area contributed by atoms with Crippen LogP contribution >= 0.6 is 0 Å². The van der Waals surface area contributed by atoms with Crippen LogP contribution in [0.2, 0.25) is 0 Å². The highest BCUT2D eigenvalue weighted by Crippen LogP contribution is 2.29. The second-order valence-electron chi connectivity index (χ2n) is 5.96. The molecule has 4 nitrogen and oxygen atoms in total. The molecule has 2 unspecified atom stereocenters. The maximum atomic E-state index is 11.2. The van der Waals surface area contributed by atoms with Gasteiger partial charge in [-0.1, -0.05) is 31.0 Å². The van der Waals surface area contributed by atoms with Crippen LogP contribution in [0.25, 0.3) is 0 Å². The first-order chi connectivity index (χ1) is 10.2. The van der Waals surface area contributed by atoms with Crippen LogP contribution in [0, 0.1) is 11.8 Å². The normalized spacial score (nSPS) is 22.0. The summed E-state index contributed by atoms with van der Waals surface area (Å²) in [7, 11) is 0. The fraction of sp³-hybridized carbons (Fsp3) is 0.588. The predicted octanol–water partition coefficient (Wildman–Crippen LogP) is 2.53. The number of aliphatic hydroxyl groups is 1. The molecule has 1 amide bonds. The third-order valence-corrected chi connectivity index (χ3v) is 4.35. The fourth-order valence-corrected chi connectivity index (χ4v) is 3.17. The molecule has 0 aliphatic heterocycles. The number of carbonyl (C=O) groups excluding carboxylic acids is 1. The van der Waals surface area contributed by atoms with E-state index in [1.807, 2.05) is 24.3 Å². The summed E-state index contributed by atoms with van der Waals surface area (Å²) < 4.78 is 0. The lowest BCUT2D eigenvalue weighted by Gasteiger charge is -2.30. The van der Waals surface area contributed by atoms with E-state index >= 15 is 0 Å². The van der Waals surface area contributed by atoms with Crippen molar-refractivity contribution in [2.75, 3.05) is 18.5 Å². The summed E-state index contributed by atoms with van der Waals surface area (Å²) in [4.78, 5) is 11.2. The molecule has 0 saturated heterocycles. The van der Waals surface area contributed by atoms with Crippen LogP contribution in [0.3, 0.4) is 0 Å². The molecule has 0 bridgehead atoms. The minimum absolute atomic E-state index is 0.0462. The highest BCUT2D eigenvalue weighted by molar-refractivity contribution is 5.89. The Bertz CT molecular complexity index is 462. The highest BCUT2D eigenvalue weighted by atomic mass is 16.3. The van der Waals surface area contributed by atoms with E-state index in [1.54, 1.807) is 0 Å². The van der Waals surface area contributed by atoms with E-state index < -0.39 is 0 Å². The Kier molecular flexibility index (Phi) is 6.21. The molecule has 116 valence electrons. The van der Waals surface area contributed by atoms with Crippen molar-refractivity contribution in [1.29, 1.82) is 0 Å². The van der Waals surface area contributed by atoms with Crippen molar-refractivity contribution >= 4 is 11.6 Å². The van der Waals surface area contributed by atoms with Gasteiger partial charge in [0.25, 0.3) is 0 Å². The Morgan fingerprint density at radius 3 is 2.67 bits per heavy atom. The van der Waals surface area contributed by atoms with Gasteiger partial charge >= 0.3 is 0 Å². The van der Waals surface area contributed by atoms with Crippen molar-refractivity contribution in [2.45, 2.75) is 39.2 Å². The highest BCUT2D eigenvalue weighted by Gasteiger charge is 2.23. The van der Waals surface area contributed by atoms with E-state index in [2.05, 4.69) is 10.6 Å². The number of hydrogen-bond donors (Lipinski definition) is 3. The molecule has 0 aromatic heterocycles. The topological polar surface area (TPSA) is 61.4 Å². The first-order valence-corrected chi connectivity index (χ1v) is 7.87. The van der Waals surface area contributed by atoms with E-state index in [0.717, 1.165) is 30.8 Å². The van der Waals surface area contributed by atoms with Crippen LogP contribution in [0.15, 0.2) is 24.3 Å². The van der Waals surface area contributed by atoms with Crippen LogP contribution in [0.5, 0.6) is 0 Å². The lowest BCUT2D eigenvalue weighted by atomic mass is 9.79. The van der Waals surface area contributed by atoms with Crippen LogP contribution in [0.4, 0.5) is 5.69 Å². The quantitative estimate of drug-likeness (QED) is 0.754. The van der Waals surface area contributed by atoms with Crippen molar-refractivity contribution in [1.82, 2.24) is 5.32 Å². The molecule has 1 saturated carbocycles. The lowest BCUT2D eigenvalue weighted by molar-refractivity contribution is -0.114. The predicted molar refractivity (Wildman–Crippen MR) is 85.0 cm³/mol. The second kappa shape index (κ2) is 8.15. The lowest BCUT2D eigenvalue weighted by Crippen LogP contribution is -2.32. The Hall–Kier alpha value is -1.39. The molecule has 2 rings (SSSR count). The van der Waals surface area contributed by atoms with Gasteiger partial charge in [-0.2, -0.15) is 0 Å². The second-order valence-corrected chi connectivity index (χ2v) is 5.96. The van der Waals surface area contributed by atoms with Gasteiger partial charge in [0.15, 0.2) is 0 Å². The Balaban J connectivity index is 1.86. The van der Waals surface area contributed by atoms with Crippen LogP contribution in [-0.2, 0) is 11.3 Å². The summed E-state index contributed by atoms with van der Waals surface area (Å²) in [6.45, 7) is 3.50. The van der Waals surface area contributed by atoms with Gasteiger partial charge in [-0.05, 0) is 42.9 Å². The number of aliphatic hydroxyl groups excluding tert-OH is 1. The van der Waals surface area contributed by atoms with Gasteiger partial charge < -0.3 is 15.7 Å². The van der Waals surface area contributed by atoms with Crippen molar-refractivity contribution in [3.63, 3.8) is 0 Å². The molecule has 1 aliphatic rings. The molecular weight excluding hydrogens is 264 g/mol. The van der Waals surface area contributed by atoms with E-state index in [0.29, 0.717) is 18.4 Å². The molecule has 4 heteroatoms. The Morgan fingerprint density at radius 2 is 1.95 bits per heavy atom. The molecule has 21 heavy (non-hydrogen) atoms. The molecular formula is C17H26N2O2. The maximum Gasteiger partial charge on any atom is 0.221 e. The molecule has 3 N–H and O–H groups in total. The van der Waals surface area contributed by atoms with Gasteiger partial charge in [-0.3, -0.25) is 4.79 Å². The van der Waals surface area contributed by atoms with Crippen molar-refractivity contribution in [3.05, 3.63) is 29.8 Å². The van der Waals surface area contributed by atoms with Crippen molar-refractivity contribution < 1.29 is 9.90 Å². The summed E-state index contributed by atoms with van der Waals surface area (Å²) in [6.07, 6.45) is 4.86. The van der Waals surface area contributed by atoms with Crippen molar-refractivity contribution in [3.8, 4) is 0 Å². The number of amides is 1. The van der Waals surface area contributed by atoms with Gasteiger partial charge in [0.2, 0.25) is 5.91 Å². The van der Waals surface area contributed by atoms with Gasteiger partial charge in [0.05, 0.1) is 0 Å². The minimum Gasteiger partial charge on any atom is -0.396 e. The Labute approximate surface area is 126 Å². The maximum absolute atomic E-state index is 11.2. The van der Waals surface area contributed by atoms with Gasteiger partial charge in [0.1, 0.15) is 0 Å². The minimum atomic E-state index is -0.0462. The largest absolute Gasteiger partial charge is 0.396 e.